The first-order chi connectivity index (χ1) is 12.0. The fourth-order valence-corrected chi connectivity index (χ4v) is 3.53. The normalized spacial score (nSPS) is 20.3. The highest BCUT2D eigenvalue weighted by atomic mass is 16.5. The van der Waals surface area contributed by atoms with Crippen LogP contribution in [0.25, 0.3) is 0 Å². The molecule has 0 aromatic heterocycles. The van der Waals surface area contributed by atoms with E-state index in [0.29, 0.717) is 29.0 Å². The van der Waals surface area contributed by atoms with E-state index < -0.39 is 11.9 Å². The summed E-state index contributed by atoms with van der Waals surface area (Å²) in [5.41, 5.74) is 9.25. The molecular formula is C19H19N3O3. The third-order valence-electron chi connectivity index (χ3n) is 4.83. The fourth-order valence-electron chi connectivity index (χ4n) is 3.53. The zero-order valence-electron chi connectivity index (χ0n) is 14.2. The minimum atomic E-state index is -0.490. The van der Waals surface area contributed by atoms with Crippen molar-refractivity contribution in [1.82, 2.24) is 4.90 Å². The number of nitrogens with two attached hydrogens (primary N) is 1. The number of nitriles is 1. The lowest BCUT2D eigenvalue weighted by molar-refractivity contribution is -0.116. The first-order valence-electron chi connectivity index (χ1n) is 8.07. The van der Waals surface area contributed by atoms with Gasteiger partial charge in [0.2, 0.25) is 0 Å². The number of hydrogen-bond donors (Lipinski definition) is 1. The summed E-state index contributed by atoms with van der Waals surface area (Å²) in [6.07, 6.45) is 2.01. The van der Waals surface area contributed by atoms with Gasteiger partial charge >= 0.3 is 5.97 Å². The van der Waals surface area contributed by atoms with Crippen LogP contribution in [0, 0.1) is 11.3 Å². The van der Waals surface area contributed by atoms with Gasteiger partial charge in [-0.15, -0.1) is 0 Å². The van der Waals surface area contributed by atoms with E-state index in [-0.39, 0.29) is 5.78 Å². The number of benzene rings is 1. The molecule has 0 unspecified atom stereocenters. The number of ketones is 1. The average Bonchev–Trinajstić information content (AvgIpc) is 2.64. The zero-order valence-corrected chi connectivity index (χ0v) is 14.2. The van der Waals surface area contributed by atoms with E-state index in [1.54, 1.807) is 36.2 Å². The SMILES string of the molecule is COC(=O)c1ccc([C@H]2C(C#N)=C(N)N(C)C3=C2C(=O)CCC3)cc1. The second-order valence-corrected chi connectivity index (χ2v) is 6.15. The van der Waals surface area contributed by atoms with E-state index >= 15 is 0 Å². The molecule has 25 heavy (non-hydrogen) atoms. The van der Waals surface area contributed by atoms with E-state index in [1.165, 1.54) is 7.11 Å². The van der Waals surface area contributed by atoms with Crippen LogP contribution in [0.15, 0.2) is 46.9 Å². The van der Waals surface area contributed by atoms with Crippen molar-refractivity contribution in [3.05, 3.63) is 58.1 Å². The molecule has 0 bridgehead atoms. The van der Waals surface area contributed by atoms with Crippen LogP contribution in [0.5, 0.6) is 0 Å². The molecule has 0 fully saturated rings. The quantitative estimate of drug-likeness (QED) is 0.831. The molecule has 2 N–H and O–H groups in total. The lowest BCUT2D eigenvalue weighted by atomic mass is 9.76. The summed E-state index contributed by atoms with van der Waals surface area (Å²) in [5, 5.41) is 9.65. The Morgan fingerprint density at radius 1 is 1.32 bits per heavy atom. The van der Waals surface area contributed by atoms with Crippen molar-refractivity contribution in [1.29, 1.82) is 5.26 Å². The molecular weight excluding hydrogens is 318 g/mol. The van der Waals surface area contributed by atoms with Gasteiger partial charge in [0, 0.05) is 24.7 Å². The zero-order chi connectivity index (χ0) is 18.1. The second-order valence-electron chi connectivity index (χ2n) is 6.15. The molecule has 0 spiro atoms. The van der Waals surface area contributed by atoms with Crippen LogP contribution >= 0.6 is 0 Å². The monoisotopic (exact) mass is 337 g/mol. The van der Waals surface area contributed by atoms with Gasteiger partial charge in [-0.2, -0.15) is 5.26 Å². The maximum Gasteiger partial charge on any atom is 0.337 e. The fraction of sp³-hybridized carbons (Fsp3) is 0.316. The molecule has 0 amide bonds. The molecule has 1 aromatic carbocycles. The van der Waals surface area contributed by atoms with Crippen LogP contribution in [-0.4, -0.2) is 30.8 Å². The number of Topliss-reactive ketones (excluding diaryl/α,β-unsaturated/α-hetero) is 1. The number of allylic oxidation sites excluding steroid dienone is 3. The molecule has 1 aliphatic carbocycles. The lowest BCUT2D eigenvalue weighted by Gasteiger charge is -2.37. The molecule has 1 aromatic rings. The number of esters is 1. The van der Waals surface area contributed by atoms with Crippen molar-refractivity contribution < 1.29 is 14.3 Å². The molecule has 0 saturated heterocycles. The van der Waals surface area contributed by atoms with Crippen molar-refractivity contribution in [3.63, 3.8) is 0 Å². The van der Waals surface area contributed by atoms with Crippen LogP contribution in [0.2, 0.25) is 0 Å². The van der Waals surface area contributed by atoms with Gasteiger partial charge in [0.25, 0.3) is 0 Å². The van der Waals surface area contributed by atoms with Gasteiger partial charge in [-0.1, -0.05) is 12.1 Å². The number of nitrogens with zero attached hydrogens (tertiary/aromatic N) is 2. The third-order valence-corrected chi connectivity index (χ3v) is 4.83. The molecule has 2 aliphatic rings. The van der Waals surface area contributed by atoms with Crippen molar-refractivity contribution in [3.8, 4) is 6.07 Å². The Morgan fingerprint density at radius 2 is 2.00 bits per heavy atom. The Morgan fingerprint density at radius 3 is 2.60 bits per heavy atom. The van der Waals surface area contributed by atoms with E-state index in [0.717, 1.165) is 24.1 Å². The smallest absolute Gasteiger partial charge is 0.337 e. The van der Waals surface area contributed by atoms with Gasteiger partial charge in [0.15, 0.2) is 5.78 Å². The largest absolute Gasteiger partial charge is 0.465 e. The van der Waals surface area contributed by atoms with Gasteiger partial charge in [0.05, 0.1) is 30.2 Å². The number of carbonyl (C=O) groups is 2. The van der Waals surface area contributed by atoms with Crippen LogP contribution in [-0.2, 0) is 9.53 Å². The Hall–Kier alpha value is -3.07. The van der Waals surface area contributed by atoms with E-state index in [2.05, 4.69) is 6.07 Å². The van der Waals surface area contributed by atoms with Crippen molar-refractivity contribution in [2.24, 2.45) is 5.73 Å². The number of methoxy groups -OCH3 is 1. The van der Waals surface area contributed by atoms with Crippen LogP contribution in [0.1, 0.15) is 41.1 Å². The van der Waals surface area contributed by atoms with Gasteiger partial charge in [-0.3, -0.25) is 4.79 Å². The predicted molar refractivity (Wildman–Crippen MR) is 91.0 cm³/mol. The first kappa shape index (κ1) is 16.8. The molecule has 1 atom stereocenters. The van der Waals surface area contributed by atoms with Gasteiger partial charge < -0.3 is 15.4 Å². The van der Waals surface area contributed by atoms with Crippen LogP contribution < -0.4 is 5.73 Å². The molecule has 6 nitrogen and oxygen atoms in total. The summed E-state index contributed by atoms with van der Waals surface area (Å²) in [4.78, 5) is 26.0. The minimum absolute atomic E-state index is 0.0513. The van der Waals surface area contributed by atoms with Gasteiger partial charge in [-0.25, -0.2) is 4.79 Å². The maximum atomic E-state index is 12.6. The number of carbonyl (C=O) groups excluding carboxylic acids is 2. The van der Waals surface area contributed by atoms with E-state index in [4.69, 9.17) is 10.5 Å². The van der Waals surface area contributed by atoms with Crippen molar-refractivity contribution in [2.75, 3.05) is 14.2 Å². The summed E-state index contributed by atoms with van der Waals surface area (Å²) >= 11 is 0. The molecule has 0 radical (unpaired) electrons. The third kappa shape index (κ3) is 2.68. The molecule has 128 valence electrons. The van der Waals surface area contributed by atoms with Crippen LogP contribution in [0.4, 0.5) is 0 Å². The molecule has 3 rings (SSSR count). The molecule has 1 heterocycles. The number of ether oxygens (including phenoxy) is 1. The highest BCUT2D eigenvalue weighted by molar-refractivity contribution is 6.00. The summed E-state index contributed by atoms with van der Waals surface area (Å²) in [5.74, 6) is -0.497. The molecule has 1 aliphatic heterocycles. The van der Waals surface area contributed by atoms with Crippen molar-refractivity contribution in [2.45, 2.75) is 25.2 Å². The Balaban J connectivity index is 2.13. The number of hydrogen-bond acceptors (Lipinski definition) is 6. The average molecular weight is 337 g/mol. The lowest BCUT2D eigenvalue weighted by Crippen LogP contribution is -2.36. The maximum absolute atomic E-state index is 12.6. The molecule has 6 heteroatoms. The summed E-state index contributed by atoms with van der Waals surface area (Å²) in [7, 11) is 3.11. The Bertz CT molecular complexity index is 844. The van der Waals surface area contributed by atoms with Crippen LogP contribution in [0.3, 0.4) is 0 Å². The summed E-state index contributed by atoms with van der Waals surface area (Å²) in [6, 6.07) is 8.94. The Kier molecular flexibility index (Phi) is 4.32. The van der Waals surface area contributed by atoms with E-state index in [9.17, 15) is 14.9 Å². The summed E-state index contributed by atoms with van der Waals surface area (Å²) < 4.78 is 4.71. The molecule has 0 saturated carbocycles. The van der Waals surface area contributed by atoms with E-state index in [1.807, 2.05) is 0 Å². The predicted octanol–water partition coefficient (Wildman–Crippen LogP) is 2.20. The number of rotatable bonds is 2. The topological polar surface area (TPSA) is 96.4 Å². The minimum Gasteiger partial charge on any atom is -0.465 e. The van der Waals surface area contributed by atoms with Gasteiger partial charge in [-0.05, 0) is 30.5 Å². The van der Waals surface area contributed by atoms with Crippen molar-refractivity contribution >= 4 is 11.8 Å². The van der Waals surface area contributed by atoms with Gasteiger partial charge in [0.1, 0.15) is 5.82 Å². The summed E-state index contributed by atoms with van der Waals surface area (Å²) in [6.45, 7) is 0. The first-order valence-corrected chi connectivity index (χ1v) is 8.07. The Labute approximate surface area is 146 Å². The second kappa shape index (κ2) is 6.44. The highest BCUT2D eigenvalue weighted by Crippen LogP contribution is 2.43. The standard InChI is InChI=1S/C19H19N3O3/c1-22-14-4-3-5-15(23)17(14)16(13(10-20)18(22)21)11-6-8-12(9-7-11)19(24)25-2/h6-9,16H,3-5,21H2,1-2H3/t16-/m0/s1. The highest BCUT2D eigenvalue weighted by Gasteiger charge is 2.38.